The summed E-state index contributed by atoms with van der Waals surface area (Å²) in [6.07, 6.45) is -51.2. The van der Waals surface area contributed by atoms with Gasteiger partial charge >= 0.3 is 0 Å². The molecule has 6 saturated heterocycles. The van der Waals surface area contributed by atoms with Gasteiger partial charge in [-0.1, -0.05) is 30.0 Å². The predicted octanol–water partition coefficient (Wildman–Crippen LogP) is -11.3. The van der Waals surface area contributed by atoms with Gasteiger partial charge in [0.1, 0.15) is 152 Å². The van der Waals surface area contributed by atoms with Crippen molar-refractivity contribution in [3.05, 3.63) is 30.3 Å². The molecule has 15 unspecified atom stereocenters. The molecular formula is C42H66O30S. The topological polar surface area (TPSA) is 486 Å². The number of ether oxygens (including phenoxy) is 11. The minimum Gasteiger partial charge on any atom is -0.394 e. The molecule has 1 aromatic carbocycles. The summed E-state index contributed by atoms with van der Waals surface area (Å²) >= 11 is 1.06. The van der Waals surface area contributed by atoms with Gasteiger partial charge in [0, 0.05) is 4.90 Å². The van der Waals surface area contributed by atoms with Gasteiger partial charge < -0.3 is 149 Å². The Balaban J connectivity index is 0.907. The molecule has 6 aliphatic rings. The Morgan fingerprint density at radius 2 is 0.548 bits per heavy atom. The summed E-state index contributed by atoms with van der Waals surface area (Å²) in [6, 6.07) is 8.71. The summed E-state index contributed by atoms with van der Waals surface area (Å²) in [6.45, 7) is -4.34. The summed E-state index contributed by atoms with van der Waals surface area (Å²) in [5, 5.41) is 200. The second kappa shape index (κ2) is 25.9. The van der Waals surface area contributed by atoms with E-state index in [2.05, 4.69) is 0 Å². The molecule has 6 fully saturated rings. The second-order valence-corrected chi connectivity index (χ2v) is 19.5. The largest absolute Gasteiger partial charge is 0.394 e. The average Bonchev–Trinajstić information content (AvgIpc) is 3.38. The SMILES string of the molecule is OC[C@H]1O[C@@H](OCC2OC(OC[C@H]3O[C@@H](OCC4OC(OC[C@H]5O[C@@H](OCC6OC(Sc7ccccc7)[C@H](O)C(O)[C@@H]6O)C(O)[C@@H](O)C5O)[C@H](O)C(O)[C@@H]4O)C(O)[C@@H](O)C3O)[C@H](O)C(O)[C@@H]2O)C(O)[C@@H](O)C1O. The minimum atomic E-state index is -2.00. The Morgan fingerprint density at radius 3 is 0.836 bits per heavy atom. The predicted molar refractivity (Wildman–Crippen MR) is 229 cm³/mol. The van der Waals surface area contributed by atoms with Crippen LogP contribution in [0, 0.1) is 0 Å². The van der Waals surface area contributed by atoms with Crippen LogP contribution in [0.5, 0.6) is 0 Å². The molecule has 30 atom stereocenters. The molecule has 0 aliphatic carbocycles. The third-order valence-corrected chi connectivity index (χ3v) is 14.5. The lowest BCUT2D eigenvalue weighted by molar-refractivity contribution is -0.351. The van der Waals surface area contributed by atoms with Crippen LogP contribution in [0.2, 0.25) is 0 Å². The maximum absolute atomic E-state index is 10.8. The lowest BCUT2D eigenvalue weighted by Crippen LogP contribution is -2.63. The van der Waals surface area contributed by atoms with Crippen molar-refractivity contribution in [3.8, 4) is 0 Å². The van der Waals surface area contributed by atoms with Crippen molar-refractivity contribution in [2.24, 2.45) is 0 Å². The van der Waals surface area contributed by atoms with Gasteiger partial charge in [-0.3, -0.25) is 0 Å². The summed E-state index contributed by atoms with van der Waals surface area (Å²) < 4.78 is 61.2. The van der Waals surface area contributed by atoms with Crippen LogP contribution in [0.3, 0.4) is 0 Å². The van der Waals surface area contributed by atoms with Crippen LogP contribution in [0.25, 0.3) is 0 Å². The van der Waals surface area contributed by atoms with E-state index in [1.807, 2.05) is 0 Å². The molecule has 6 heterocycles. The number of hydrogen-bond donors (Lipinski definition) is 19. The van der Waals surface area contributed by atoms with Crippen molar-refractivity contribution in [3.63, 3.8) is 0 Å². The Labute approximate surface area is 418 Å². The van der Waals surface area contributed by atoms with Crippen molar-refractivity contribution in [2.75, 3.05) is 39.6 Å². The summed E-state index contributed by atoms with van der Waals surface area (Å²) in [5.74, 6) is 0. The van der Waals surface area contributed by atoms with E-state index in [1.54, 1.807) is 30.3 Å². The van der Waals surface area contributed by atoms with Gasteiger partial charge in [-0.2, -0.15) is 0 Å². The van der Waals surface area contributed by atoms with Gasteiger partial charge in [0.15, 0.2) is 31.5 Å². The lowest BCUT2D eigenvalue weighted by atomic mass is 9.97. The van der Waals surface area contributed by atoms with E-state index in [0.717, 1.165) is 11.8 Å². The third-order valence-electron chi connectivity index (χ3n) is 13.3. The zero-order valence-electron chi connectivity index (χ0n) is 38.3. The van der Waals surface area contributed by atoms with Crippen LogP contribution in [-0.2, 0) is 52.1 Å². The average molecular weight is 1080 g/mol. The normalized spacial score (nSPS) is 49.9. The first-order chi connectivity index (χ1) is 34.6. The highest BCUT2D eigenvalue weighted by Gasteiger charge is 2.52. The molecule has 0 radical (unpaired) electrons. The molecule has 0 bridgehead atoms. The monoisotopic (exact) mass is 1080 g/mol. The zero-order chi connectivity index (χ0) is 53.2. The first-order valence-corrected chi connectivity index (χ1v) is 24.1. The van der Waals surface area contributed by atoms with Crippen molar-refractivity contribution >= 4 is 11.8 Å². The summed E-state index contributed by atoms with van der Waals surface area (Å²) in [5.41, 5.74) is -1.07. The molecule has 0 saturated carbocycles. The highest BCUT2D eigenvalue weighted by molar-refractivity contribution is 7.99. The number of hydrogen-bond acceptors (Lipinski definition) is 31. The molecule has 0 amide bonds. The van der Waals surface area contributed by atoms with Crippen LogP contribution < -0.4 is 0 Å². The van der Waals surface area contributed by atoms with Gasteiger partial charge in [-0.15, -0.1) is 0 Å². The van der Waals surface area contributed by atoms with Gasteiger partial charge in [0.25, 0.3) is 0 Å². The molecule has 31 heteroatoms. The highest BCUT2D eigenvalue weighted by Crippen LogP contribution is 2.35. The molecule has 0 aromatic heterocycles. The summed E-state index contributed by atoms with van der Waals surface area (Å²) in [7, 11) is 0. The molecule has 7 rings (SSSR count). The molecule has 6 aliphatic heterocycles. The molecule has 19 N–H and O–H groups in total. The fraction of sp³-hybridized carbons (Fsp3) is 0.857. The van der Waals surface area contributed by atoms with E-state index in [-0.39, 0.29) is 0 Å². The molecule has 1 aromatic rings. The molecule has 0 spiro atoms. The Bertz CT molecular complexity index is 1820. The van der Waals surface area contributed by atoms with Gasteiger partial charge in [-0.25, -0.2) is 0 Å². The van der Waals surface area contributed by atoms with E-state index < -0.39 is 223 Å². The Morgan fingerprint density at radius 1 is 0.301 bits per heavy atom. The van der Waals surface area contributed by atoms with Gasteiger partial charge in [0.05, 0.1) is 39.6 Å². The minimum absolute atomic E-state index is 0.572. The van der Waals surface area contributed by atoms with Crippen LogP contribution in [0.15, 0.2) is 35.2 Å². The first kappa shape index (κ1) is 59.0. The third kappa shape index (κ3) is 13.3. The van der Waals surface area contributed by atoms with Crippen molar-refractivity contribution < 1.29 is 149 Å². The number of aliphatic hydroxyl groups excluding tert-OH is 19. The standard InChI is InChI=1S/C42H66O30S/c43-6-13-19(44)25(50)31(56)37(67-13)62-7-14-20(45)26(51)32(57)38(68-14)63-8-15-21(46)27(52)33(58)39(69-15)64-9-16-22(47)28(53)34(59)40(70-16)65-10-17-23(48)29(54)35(60)41(71-17)66-11-18-24(49)30(55)36(61)42(72-18)73-12-4-2-1-3-5-12/h1-5,13-61H,6-11H2/t13-,14?,15-,16?,17-,18?,19?,20-,21?,22-,23?,24-,25+,26?,27+,28?,29+,30?,31?,32-,33?,34-,35?,36-,37-,38?,39-,40?,41-,42?/m1/s1. The van der Waals surface area contributed by atoms with E-state index in [0.29, 0.717) is 4.90 Å². The van der Waals surface area contributed by atoms with Gasteiger partial charge in [-0.05, 0) is 12.1 Å². The molecule has 73 heavy (non-hydrogen) atoms. The lowest BCUT2D eigenvalue weighted by Gasteiger charge is -2.45. The molecule has 30 nitrogen and oxygen atoms in total. The number of thioether (sulfide) groups is 1. The van der Waals surface area contributed by atoms with Crippen LogP contribution in [-0.4, -0.2) is 320 Å². The number of rotatable bonds is 18. The Hall–Kier alpha value is -1.63. The van der Waals surface area contributed by atoms with Crippen LogP contribution in [0.1, 0.15) is 0 Å². The van der Waals surface area contributed by atoms with E-state index in [1.165, 1.54) is 0 Å². The van der Waals surface area contributed by atoms with E-state index in [4.69, 9.17) is 52.1 Å². The van der Waals surface area contributed by atoms with Crippen LogP contribution in [0.4, 0.5) is 0 Å². The first-order valence-electron chi connectivity index (χ1n) is 23.2. The quantitative estimate of drug-likeness (QED) is 0.0649. The summed E-state index contributed by atoms with van der Waals surface area (Å²) in [4.78, 5) is 0.671. The van der Waals surface area contributed by atoms with Crippen molar-refractivity contribution in [2.45, 2.75) is 188 Å². The maximum Gasteiger partial charge on any atom is 0.186 e. The number of benzene rings is 1. The highest BCUT2D eigenvalue weighted by atomic mass is 32.2. The van der Waals surface area contributed by atoms with E-state index >= 15 is 0 Å². The fourth-order valence-electron chi connectivity index (χ4n) is 8.71. The molecular weight excluding hydrogens is 1020 g/mol. The smallest absolute Gasteiger partial charge is 0.186 e. The van der Waals surface area contributed by atoms with Crippen LogP contribution >= 0.6 is 11.8 Å². The molecule has 420 valence electrons. The van der Waals surface area contributed by atoms with E-state index in [9.17, 15) is 97.0 Å². The zero-order valence-corrected chi connectivity index (χ0v) is 39.2. The van der Waals surface area contributed by atoms with Crippen molar-refractivity contribution in [1.82, 2.24) is 0 Å². The number of aliphatic hydroxyl groups is 19. The second-order valence-electron chi connectivity index (χ2n) is 18.4. The Kier molecular flexibility index (Phi) is 20.9. The fourth-order valence-corrected chi connectivity index (χ4v) is 9.79. The maximum atomic E-state index is 10.8. The van der Waals surface area contributed by atoms with Crippen molar-refractivity contribution in [1.29, 1.82) is 0 Å². The van der Waals surface area contributed by atoms with Gasteiger partial charge in [0.2, 0.25) is 0 Å².